The molecule has 0 unspecified atom stereocenters. The van der Waals surface area contributed by atoms with Crippen LogP contribution in [-0.2, 0) is 6.42 Å². The van der Waals surface area contributed by atoms with Crippen LogP contribution in [0.3, 0.4) is 0 Å². The summed E-state index contributed by atoms with van der Waals surface area (Å²) < 4.78 is 39.1. The van der Waals surface area contributed by atoms with E-state index in [0.717, 1.165) is 16.7 Å². The molecule has 0 radical (unpaired) electrons. The summed E-state index contributed by atoms with van der Waals surface area (Å²) in [5.74, 6) is 1.11. The van der Waals surface area contributed by atoms with Gasteiger partial charge >= 0.3 is 0 Å². The van der Waals surface area contributed by atoms with Crippen molar-refractivity contribution in [3.8, 4) is 11.5 Å². The Labute approximate surface area is 183 Å². The maximum Gasteiger partial charge on any atom is 0.209 e. The van der Waals surface area contributed by atoms with Crippen molar-refractivity contribution in [2.75, 3.05) is 12.0 Å². The predicted molar refractivity (Wildman–Crippen MR) is 118 cm³/mol. The minimum absolute atomic E-state index is 0.331. The van der Waals surface area contributed by atoms with Crippen LogP contribution < -0.4 is 19.7 Å². The second kappa shape index (κ2) is 7.67. The molecular weight excluding hydrogens is 418 g/mol. The molecule has 2 aliphatic rings. The molecule has 0 bridgehead atoms. The fraction of sp³-hybridized carbons (Fsp3) is 0.125. The van der Waals surface area contributed by atoms with E-state index in [1.807, 2.05) is 23.1 Å². The second-order valence-electron chi connectivity index (χ2n) is 7.29. The lowest BCUT2D eigenvalue weighted by atomic mass is 9.98. The van der Waals surface area contributed by atoms with Crippen molar-refractivity contribution >= 4 is 22.9 Å². The Morgan fingerprint density at radius 1 is 1.00 bits per heavy atom. The highest BCUT2D eigenvalue weighted by atomic mass is 32.1. The van der Waals surface area contributed by atoms with Gasteiger partial charge in [-0.2, -0.15) is 0 Å². The fourth-order valence-corrected chi connectivity index (χ4v) is 4.18. The zero-order valence-electron chi connectivity index (χ0n) is 16.6. The molecule has 0 aromatic heterocycles. The minimum atomic E-state index is -0.464. The van der Waals surface area contributed by atoms with E-state index in [1.165, 1.54) is 24.3 Å². The number of fused-ring (bicyclic) bond motifs is 1. The molecule has 2 aliphatic heterocycles. The molecule has 1 N–H and O–H groups in total. The van der Waals surface area contributed by atoms with Crippen molar-refractivity contribution in [1.29, 1.82) is 0 Å². The van der Waals surface area contributed by atoms with Crippen LogP contribution in [0.5, 0.6) is 11.5 Å². The maximum absolute atomic E-state index is 13.7. The molecule has 31 heavy (non-hydrogen) atoms. The van der Waals surface area contributed by atoms with E-state index in [-0.39, 0.29) is 11.6 Å². The monoisotopic (exact) mass is 436 g/mol. The number of nitrogens with one attached hydrogen (secondary N) is 1. The Hall–Kier alpha value is -3.45. The van der Waals surface area contributed by atoms with Gasteiger partial charge in [0.1, 0.15) is 22.8 Å². The molecule has 0 fully saturated rings. The maximum atomic E-state index is 13.7. The Kier molecular flexibility index (Phi) is 4.82. The van der Waals surface area contributed by atoms with Crippen molar-refractivity contribution in [3.05, 3.63) is 101 Å². The summed E-state index contributed by atoms with van der Waals surface area (Å²) in [7, 11) is 1.59. The third-order valence-corrected chi connectivity index (χ3v) is 5.78. The van der Waals surface area contributed by atoms with E-state index in [1.54, 1.807) is 31.4 Å². The van der Waals surface area contributed by atoms with Gasteiger partial charge in [-0.25, -0.2) is 8.78 Å². The molecule has 4 nitrogen and oxygen atoms in total. The average molecular weight is 436 g/mol. The number of halogens is 2. The summed E-state index contributed by atoms with van der Waals surface area (Å²) in [6, 6.07) is 18.0. The molecular formula is C24H18F2N2O2S. The van der Waals surface area contributed by atoms with Crippen LogP contribution in [0.2, 0.25) is 0 Å². The van der Waals surface area contributed by atoms with Gasteiger partial charge in [0.25, 0.3) is 0 Å². The number of hydrogen-bond acceptors (Lipinski definition) is 4. The van der Waals surface area contributed by atoms with Crippen LogP contribution >= 0.6 is 12.2 Å². The normalized spacial score (nSPS) is 17.5. The Balaban J connectivity index is 1.67. The highest BCUT2D eigenvalue weighted by Gasteiger charge is 2.38. The predicted octanol–water partition coefficient (Wildman–Crippen LogP) is 5.26. The van der Waals surface area contributed by atoms with Gasteiger partial charge in [-0.3, -0.25) is 4.90 Å². The van der Waals surface area contributed by atoms with Crippen molar-refractivity contribution in [2.45, 2.75) is 12.6 Å². The van der Waals surface area contributed by atoms with Crippen LogP contribution in [0.25, 0.3) is 0 Å². The van der Waals surface area contributed by atoms with Crippen LogP contribution in [0.15, 0.2) is 78.2 Å². The summed E-state index contributed by atoms with van der Waals surface area (Å²) in [5, 5.41) is 3.35. The summed E-state index contributed by atoms with van der Waals surface area (Å²) in [6.45, 7) is 0. The standard InChI is InChI=1S/C24H18F2N2O2S/c1-29-20-4-2-3-15-13-19-23(31)27-22(14-5-7-16(25)8-6-14)28(24(19)30-21(15)20)18-11-9-17(26)10-12-18/h2-12,22H,13H2,1H3,(H,27,31)/t22-/m1/s1. The van der Waals surface area contributed by atoms with Gasteiger partial charge in [0, 0.05) is 17.7 Å². The number of thiocarbonyl (C=S) groups is 1. The Bertz CT molecular complexity index is 1190. The van der Waals surface area contributed by atoms with Gasteiger partial charge in [0.05, 0.1) is 12.7 Å². The average Bonchev–Trinajstić information content (AvgIpc) is 2.79. The molecule has 3 aromatic rings. The van der Waals surface area contributed by atoms with Crippen molar-refractivity contribution in [3.63, 3.8) is 0 Å². The molecule has 5 rings (SSSR count). The van der Waals surface area contributed by atoms with Crippen molar-refractivity contribution in [2.24, 2.45) is 0 Å². The number of para-hydroxylation sites is 1. The first-order valence-electron chi connectivity index (χ1n) is 9.73. The lowest BCUT2D eigenvalue weighted by molar-refractivity contribution is 0.327. The highest BCUT2D eigenvalue weighted by molar-refractivity contribution is 7.80. The van der Waals surface area contributed by atoms with Gasteiger partial charge in [-0.15, -0.1) is 0 Å². The second-order valence-corrected chi connectivity index (χ2v) is 7.69. The first-order chi connectivity index (χ1) is 15.0. The molecule has 0 amide bonds. The van der Waals surface area contributed by atoms with Crippen molar-refractivity contribution < 1.29 is 18.3 Å². The summed E-state index contributed by atoms with van der Waals surface area (Å²) in [4.78, 5) is 2.46. The molecule has 156 valence electrons. The van der Waals surface area contributed by atoms with E-state index in [2.05, 4.69) is 5.32 Å². The smallest absolute Gasteiger partial charge is 0.209 e. The zero-order valence-corrected chi connectivity index (χ0v) is 17.4. The summed E-state index contributed by atoms with van der Waals surface area (Å²) >= 11 is 5.68. The lowest BCUT2D eigenvalue weighted by Gasteiger charge is -2.43. The molecule has 2 heterocycles. The largest absolute Gasteiger partial charge is 0.493 e. The molecule has 0 saturated carbocycles. The van der Waals surface area contributed by atoms with E-state index >= 15 is 0 Å². The first kappa shape index (κ1) is 19.5. The number of benzene rings is 3. The Morgan fingerprint density at radius 3 is 2.35 bits per heavy atom. The van der Waals surface area contributed by atoms with Crippen LogP contribution in [-0.4, -0.2) is 12.1 Å². The van der Waals surface area contributed by atoms with E-state index in [9.17, 15) is 8.78 Å². The number of anilines is 1. The third kappa shape index (κ3) is 3.41. The zero-order chi connectivity index (χ0) is 21.5. The molecule has 0 saturated heterocycles. The topological polar surface area (TPSA) is 33.7 Å². The summed E-state index contributed by atoms with van der Waals surface area (Å²) in [5.41, 5.74) is 3.27. The number of methoxy groups -OCH3 is 1. The first-order valence-corrected chi connectivity index (χ1v) is 10.1. The lowest BCUT2D eigenvalue weighted by Crippen LogP contribution is -2.49. The van der Waals surface area contributed by atoms with Gasteiger partial charge in [0.2, 0.25) is 5.88 Å². The fourth-order valence-electron chi connectivity index (χ4n) is 3.91. The van der Waals surface area contributed by atoms with Gasteiger partial charge in [-0.1, -0.05) is 36.5 Å². The third-order valence-electron chi connectivity index (χ3n) is 5.41. The van der Waals surface area contributed by atoms with Gasteiger partial charge in [0.15, 0.2) is 11.5 Å². The van der Waals surface area contributed by atoms with E-state index < -0.39 is 6.17 Å². The van der Waals surface area contributed by atoms with Crippen LogP contribution in [0.4, 0.5) is 14.5 Å². The van der Waals surface area contributed by atoms with Gasteiger partial charge in [-0.05, 0) is 48.0 Å². The number of nitrogens with zero attached hydrogens (tertiary/aromatic N) is 1. The molecule has 0 aliphatic carbocycles. The van der Waals surface area contributed by atoms with Crippen LogP contribution in [0.1, 0.15) is 17.3 Å². The minimum Gasteiger partial charge on any atom is -0.493 e. The number of ether oxygens (including phenoxy) is 2. The van der Waals surface area contributed by atoms with Crippen LogP contribution in [0, 0.1) is 11.6 Å². The SMILES string of the molecule is COc1cccc2c1OC1=C(C2)C(=S)N[C@@H](c2ccc(F)cc2)N1c1ccc(F)cc1. The molecule has 3 aromatic carbocycles. The van der Waals surface area contributed by atoms with Crippen molar-refractivity contribution in [1.82, 2.24) is 5.32 Å². The molecule has 7 heteroatoms. The number of hydrogen-bond donors (Lipinski definition) is 1. The van der Waals surface area contributed by atoms with E-state index in [4.69, 9.17) is 21.7 Å². The quantitative estimate of drug-likeness (QED) is 0.567. The molecule has 0 spiro atoms. The van der Waals surface area contributed by atoms with E-state index in [0.29, 0.717) is 34.5 Å². The number of rotatable bonds is 3. The van der Waals surface area contributed by atoms with Gasteiger partial charge < -0.3 is 14.8 Å². The highest BCUT2D eigenvalue weighted by Crippen LogP contribution is 2.44. The summed E-state index contributed by atoms with van der Waals surface area (Å²) in [6.07, 6.45) is 0.0928. The Morgan fingerprint density at radius 2 is 1.68 bits per heavy atom. The molecule has 1 atom stereocenters.